The summed E-state index contributed by atoms with van der Waals surface area (Å²) in [7, 11) is 0. The van der Waals surface area contributed by atoms with Crippen LogP contribution in [-0.2, 0) is 4.79 Å². The van der Waals surface area contributed by atoms with E-state index in [1.807, 2.05) is 6.92 Å². The van der Waals surface area contributed by atoms with Crippen molar-refractivity contribution in [2.75, 3.05) is 16.8 Å². The van der Waals surface area contributed by atoms with Crippen LogP contribution in [0.3, 0.4) is 0 Å². The molecule has 0 aliphatic carbocycles. The van der Waals surface area contributed by atoms with Gasteiger partial charge < -0.3 is 10.4 Å². The second-order valence-corrected chi connectivity index (χ2v) is 5.60. The molecule has 1 aromatic rings. The van der Waals surface area contributed by atoms with Crippen LogP contribution in [0.5, 0.6) is 0 Å². The van der Waals surface area contributed by atoms with Gasteiger partial charge in [-0.2, -0.15) is 11.8 Å². The summed E-state index contributed by atoms with van der Waals surface area (Å²) in [6, 6.07) is 1.67. The van der Waals surface area contributed by atoms with Crippen molar-refractivity contribution in [3.63, 3.8) is 0 Å². The Balaban J connectivity index is 2.13. The van der Waals surface area contributed by atoms with E-state index >= 15 is 0 Å². The minimum absolute atomic E-state index is 0.366. The molecule has 0 bridgehead atoms. The van der Waals surface area contributed by atoms with Crippen LogP contribution in [0.1, 0.15) is 12.0 Å². The fourth-order valence-corrected chi connectivity index (χ4v) is 3.08. The lowest BCUT2D eigenvalue weighted by molar-refractivity contribution is -0.131. The molecule has 0 radical (unpaired) electrons. The first-order valence-corrected chi connectivity index (χ1v) is 6.78. The van der Waals surface area contributed by atoms with Crippen molar-refractivity contribution in [1.29, 1.82) is 0 Å². The summed E-state index contributed by atoms with van der Waals surface area (Å²) in [6.07, 6.45) is 1.99. The van der Waals surface area contributed by atoms with Crippen LogP contribution < -0.4 is 5.32 Å². The molecule has 2 heterocycles. The molecule has 1 unspecified atom stereocenters. The molecule has 1 aliphatic heterocycles. The molecule has 17 heavy (non-hydrogen) atoms. The van der Waals surface area contributed by atoms with E-state index < -0.39 is 5.60 Å². The number of nitrogens with zero attached hydrogens (tertiary/aromatic N) is 1. The van der Waals surface area contributed by atoms with Crippen LogP contribution in [0.15, 0.2) is 12.3 Å². The molecular formula is C11H13ClN2O2S. The molecule has 1 amide bonds. The van der Waals surface area contributed by atoms with Crippen molar-refractivity contribution in [1.82, 2.24) is 4.98 Å². The van der Waals surface area contributed by atoms with Gasteiger partial charge >= 0.3 is 0 Å². The first-order valence-electron chi connectivity index (χ1n) is 5.25. The number of hydrogen-bond acceptors (Lipinski definition) is 4. The summed E-state index contributed by atoms with van der Waals surface area (Å²) < 4.78 is 0. The lowest BCUT2D eigenvalue weighted by Crippen LogP contribution is -2.43. The second-order valence-electron chi connectivity index (χ2n) is 4.11. The number of nitrogens with one attached hydrogen (secondary N) is 1. The second kappa shape index (κ2) is 4.84. The Morgan fingerprint density at radius 1 is 1.71 bits per heavy atom. The average Bonchev–Trinajstić information content (AvgIpc) is 2.71. The predicted octanol–water partition coefficient (Wildman–Crippen LogP) is 1.85. The van der Waals surface area contributed by atoms with E-state index in [-0.39, 0.29) is 5.91 Å². The van der Waals surface area contributed by atoms with E-state index in [0.717, 1.165) is 11.3 Å². The molecule has 2 rings (SSSR count). The first-order chi connectivity index (χ1) is 8.01. The Morgan fingerprint density at radius 2 is 2.47 bits per heavy atom. The van der Waals surface area contributed by atoms with Crippen LogP contribution in [0.2, 0.25) is 5.15 Å². The highest BCUT2D eigenvalue weighted by Crippen LogP contribution is 2.29. The number of aryl methyl sites for hydroxylation is 1. The molecule has 1 saturated heterocycles. The van der Waals surface area contributed by atoms with Crippen molar-refractivity contribution >= 4 is 35.0 Å². The molecule has 1 fully saturated rings. The summed E-state index contributed by atoms with van der Waals surface area (Å²) in [5.41, 5.74) is 0.161. The number of rotatable bonds is 2. The summed E-state index contributed by atoms with van der Waals surface area (Å²) in [5.74, 6) is 0.885. The third kappa shape index (κ3) is 2.73. The van der Waals surface area contributed by atoms with E-state index in [0.29, 0.717) is 23.0 Å². The minimum atomic E-state index is -1.25. The molecule has 0 aromatic carbocycles. The van der Waals surface area contributed by atoms with E-state index in [2.05, 4.69) is 10.3 Å². The van der Waals surface area contributed by atoms with Gasteiger partial charge in [-0.3, -0.25) is 4.79 Å². The van der Waals surface area contributed by atoms with E-state index in [1.54, 1.807) is 17.8 Å². The van der Waals surface area contributed by atoms with Crippen LogP contribution in [-0.4, -0.2) is 33.1 Å². The number of aromatic nitrogens is 1. The van der Waals surface area contributed by atoms with E-state index in [4.69, 9.17) is 11.6 Å². The van der Waals surface area contributed by atoms with Crippen LogP contribution >= 0.6 is 23.4 Å². The zero-order valence-corrected chi connectivity index (χ0v) is 10.9. The number of halogens is 1. The number of pyridine rings is 1. The standard InChI is InChI=1S/C11H13ClN2O2S/c1-7-4-9(12)13-5-8(7)14-10(15)11(16)2-3-17-6-11/h4-5,16H,2-3,6H2,1H3,(H,14,15). The molecule has 4 nitrogen and oxygen atoms in total. The highest BCUT2D eigenvalue weighted by atomic mass is 35.5. The number of thioether (sulfide) groups is 1. The summed E-state index contributed by atoms with van der Waals surface area (Å²) in [6.45, 7) is 1.83. The molecule has 1 atom stereocenters. The molecule has 0 saturated carbocycles. The van der Waals surface area contributed by atoms with Crippen LogP contribution in [0.25, 0.3) is 0 Å². The smallest absolute Gasteiger partial charge is 0.257 e. The number of anilines is 1. The highest BCUT2D eigenvalue weighted by Gasteiger charge is 2.39. The maximum Gasteiger partial charge on any atom is 0.257 e. The molecule has 1 aliphatic rings. The fraction of sp³-hybridized carbons (Fsp3) is 0.455. The number of carbonyl (C=O) groups excluding carboxylic acids is 1. The van der Waals surface area contributed by atoms with Gasteiger partial charge in [0.1, 0.15) is 5.15 Å². The molecule has 0 spiro atoms. The van der Waals surface area contributed by atoms with Crippen molar-refractivity contribution in [3.05, 3.63) is 23.0 Å². The largest absolute Gasteiger partial charge is 0.379 e. The normalized spacial score (nSPS) is 23.7. The molecule has 92 valence electrons. The van der Waals surface area contributed by atoms with Gasteiger partial charge in [-0.15, -0.1) is 0 Å². The van der Waals surface area contributed by atoms with Crippen LogP contribution in [0.4, 0.5) is 5.69 Å². The van der Waals surface area contributed by atoms with Crippen molar-refractivity contribution in [2.45, 2.75) is 18.9 Å². The monoisotopic (exact) mass is 272 g/mol. The Hall–Kier alpha value is -0.780. The van der Waals surface area contributed by atoms with Crippen LogP contribution in [0, 0.1) is 6.92 Å². The first kappa shape index (κ1) is 12.7. The molecule has 6 heteroatoms. The third-order valence-electron chi connectivity index (χ3n) is 2.75. The average molecular weight is 273 g/mol. The van der Waals surface area contributed by atoms with Gasteiger partial charge in [0.25, 0.3) is 5.91 Å². The number of carbonyl (C=O) groups is 1. The van der Waals surface area contributed by atoms with Crippen molar-refractivity contribution in [2.24, 2.45) is 0 Å². The van der Waals surface area contributed by atoms with Gasteiger partial charge in [0, 0.05) is 5.75 Å². The number of hydrogen-bond donors (Lipinski definition) is 2. The Labute approximate surface area is 109 Å². The van der Waals surface area contributed by atoms with Gasteiger partial charge in [0.05, 0.1) is 11.9 Å². The van der Waals surface area contributed by atoms with Gasteiger partial charge in [0.2, 0.25) is 0 Å². The summed E-state index contributed by atoms with van der Waals surface area (Å²) in [5, 5.41) is 13.2. The molecule has 1 aromatic heterocycles. The molecular weight excluding hydrogens is 260 g/mol. The third-order valence-corrected chi connectivity index (χ3v) is 4.13. The van der Waals surface area contributed by atoms with Gasteiger partial charge in [-0.05, 0) is 30.7 Å². The topological polar surface area (TPSA) is 62.2 Å². The van der Waals surface area contributed by atoms with Gasteiger partial charge in [-0.25, -0.2) is 4.98 Å². The quantitative estimate of drug-likeness (QED) is 0.807. The lowest BCUT2D eigenvalue weighted by atomic mass is 10.0. The fourth-order valence-electron chi connectivity index (χ4n) is 1.62. The zero-order chi connectivity index (χ0) is 12.5. The van der Waals surface area contributed by atoms with Gasteiger partial charge in [-0.1, -0.05) is 11.6 Å². The molecule has 2 N–H and O–H groups in total. The maximum absolute atomic E-state index is 11.9. The number of aliphatic hydroxyl groups is 1. The van der Waals surface area contributed by atoms with E-state index in [1.165, 1.54) is 6.20 Å². The minimum Gasteiger partial charge on any atom is -0.379 e. The maximum atomic E-state index is 11.9. The zero-order valence-electron chi connectivity index (χ0n) is 9.36. The highest BCUT2D eigenvalue weighted by molar-refractivity contribution is 7.99. The SMILES string of the molecule is Cc1cc(Cl)ncc1NC(=O)C1(O)CCSC1. The van der Waals surface area contributed by atoms with E-state index in [9.17, 15) is 9.90 Å². The lowest BCUT2D eigenvalue weighted by Gasteiger charge is -2.20. The summed E-state index contributed by atoms with van der Waals surface area (Å²) in [4.78, 5) is 15.8. The Kier molecular flexibility index (Phi) is 3.61. The van der Waals surface area contributed by atoms with Crippen molar-refractivity contribution < 1.29 is 9.90 Å². The Bertz CT molecular complexity index is 447. The Morgan fingerprint density at radius 3 is 3.06 bits per heavy atom. The predicted molar refractivity (Wildman–Crippen MR) is 69.5 cm³/mol. The summed E-state index contributed by atoms with van der Waals surface area (Å²) >= 11 is 7.31. The number of amides is 1. The van der Waals surface area contributed by atoms with Gasteiger partial charge in [0.15, 0.2) is 5.60 Å². The van der Waals surface area contributed by atoms with Crippen molar-refractivity contribution in [3.8, 4) is 0 Å².